The Labute approximate surface area is 181 Å². The Morgan fingerprint density at radius 1 is 1.27 bits per heavy atom. The van der Waals surface area contributed by atoms with E-state index < -0.39 is 11.9 Å². The molecule has 1 atom stereocenters. The van der Waals surface area contributed by atoms with Crippen LogP contribution < -0.4 is 10.5 Å². The number of benzene rings is 1. The number of Topliss-reactive ketones (excluding diaryl/α,β-unsaturated/α-hetero) is 1. The number of esters is 1. The van der Waals surface area contributed by atoms with E-state index in [1.807, 2.05) is 24.3 Å². The van der Waals surface area contributed by atoms with Gasteiger partial charge in [-0.2, -0.15) is 0 Å². The fourth-order valence-electron chi connectivity index (χ4n) is 3.69. The van der Waals surface area contributed by atoms with Crippen molar-refractivity contribution in [2.75, 3.05) is 7.11 Å². The Balaban J connectivity index is 1.65. The van der Waals surface area contributed by atoms with Gasteiger partial charge in [0.15, 0.2) is 5.78 Å². The average Bonchev–Trinajstić information content (AvgIpc) is 3.20. The molecule has 0 unspecified atom stereocenters. The van der Waals surface area contributed by atoms with Crippen LogP contribution in [0.5, 0.6) is 5.75 Å². The van der Waals surface area contributed by atoms with E-state index in [1.165, 1.54) is 7.11 Å². The van der Waals surface area contributed by atoms with E-state index in [1.54, 1.807) is 12.1 Å². The molecule has 1 aromatic heterocycles. The third kappa shape index (κ3) is 3.87. The first-order valence-corrected chi connectivity index (χ1v) is 10.3. The van der Waals surface area contributed by atoms with Crippen LogP contribution in [0.1, 0.15) is 36.7 Å². The van der Waals surface area contributed by atoms with Gasteiger partial charge in [-0.25, -0.2) is 4.79 Å². The van der Waals surface area contributed by atoms with E-state index in [-0.39, 0.29) is 23.8 Å². The standard InChI is InChI=1S/C22H20BrNO6/c1-27-22(26)20-19(18-15(25)6-3-7-16(18)30-21(20)24)17-9-8-14(29-17)11-28-13-5-2-4-12(23)10-13/h2,4-5,8-10,19H,3,6-7,11,24H2,1H3/t19-/m1/s1. The third-order valence-electron chi connectivity index (χ3n) is 5.03. The van der Waals surface area contributed by atoms with Crippen molar-refractivity contribution in [1.29, 1.82) is 0 Å². The van der Waals surface area contributed by atoms with Crippen LogP contribution in [0, 0.1) is 0 Å². The van der Waals surface area contributed by atoms with Crippen molar-refractivity contribution >= 4 is 27.7 Å². The molecule has 1 aromatic carbocycles. The van der Waals surface area contributed by atoms with Gasteiger partial charge in [0.2, 0.25) is 5.88 Å². The minimum atomic E-state index is -0.770. The maximum atomic E-state index is 12.7. The van der Waals surface area contributed by atoms with Gasteiger partial charge >= 0.3 is 5.97 Å². The normalized spacial score (nSPS) is 18.7. The van der Waals surface area contributed by atoms with E-state index in [4.69, 9.17) is 24.4 Å². The van der Waals surface area contributed by atoms with Crippen LogP contribution in [0.3, 0.4) is 0 Å². The number of hydrogen-bond donors (Lipinski definition) is 1. The van der Waals surface area contributed by atoms with Crippen LogP contribution >= 0.6 is 15.9 Å². The fourth-order valence-corrected chi connectivity index (χ4v) is 4.07. The van der Waals surface area contributed by atoms with E-state index >= 15 is 0 Å². The van der Waals surface area contributed by atoms with Crippen LogP contribution in [0.4, 0.5) is 0 Å². The first-order valence-electron chi connectivity index (χ1n) is 9.47. The van der Waals surface area contributed by atoms with Gasteiger partial charge in [-0.05, 0) is 36.8 Å². The summed E-state index contributed by atoms with van der Waals surface area (Å²) in [4.78, 5) is 25.1. The summed E-state index contributed by atoms with van der Waals surface area (Å²) < 4.78 is 23.1. The molecule has 4 rings (SSSR count). The van der Waals surface area contributed by atoms with Crippen molar-refractivity contribution in [3.8, 4) is 5.75 Å². The number of ether oxygens (including phenoxy) is 3. The van der Waals surface area contributed by atoms with Crippen LogP contribution in [-0.2, 0) is 25.7 Å². The summed E-state index contributed by atoms with van der Waals surface area (Å²) in [5.41, 5.74) is 6.51. The average molecular weight is 474 g/mol. The van der Waals surface area contributed by atoms with Gasteiger partial charge in [0.05, 0.1) is 13.0 Å². The number of methoxy groups -OCH3 is 1. The Hall–Kier alpha value is -3.00. The maximum Gasteiger partial charge on any atom is 0.340 e. The lowest BCUT2D eigenvalue weighted by molar-refractivity contribution is -0.136. The van der Waals surface area contributed by atoms with Crippen molar-refractivity contribution in [2.24, 2.45) is 5.73 Å². The zero-order chi connectivity index (χ0) is 21.3. The van der Waals surface area contributed by atoms with E-state index in [2.05, 4.69) is 15.9 Å². The number of furan rings is 1. The Kier molecular flexibility index (Phi) is 5.67. The number of carbonyl (C=O) groups is 2. The smallest absolute Gasteiger partial charge is 0.340 e. The predicted octanol–water partition coefficient (Wildman–Crippen LogP) is 4.09. The molecule has 1 aliphatic carbocycles. The summed E-state index contributed by atoms with van der Waals surface area (Å²) in [6, 6.07) is 10.9. The number of allylic oxidation sites excluding steroid dienone is 2. The number of hydrogen-bond acceptors (Lipinski definition) is 7. The SMILES string of the molecule is COC(=O)C1=C(N)OC2=C(C(=O)CCC2)[C@H]1c1ccc(COc2cccc(Br)c2)o1. The molecule has 0 saturated heterocycles. The number of halogens is 1. The number of rotatable bonds is 5. The van der Waals surface area contributed by atoms with Gasteiger partial charge in [-0.15, -0.1) is 0 Å². The fraction of sp³-hybridized carbons (Fsp3) is 0.273. The molecular formula is C22H20BrNO6. The van der Waals surface area contributed by atoms with Crippen LogP contribution in [0.15, 0.2) is 68.1 Å². The molecule has 1 aliphatic heterocycles. The molecule has 30 heavy (non-hydrogen) atoms. The lowest BCUT2D eigenvalue weighted by Crippen LogP contribution is -2.31. The van der Waals surface area contributed by atoms with Gasteiger partial charge in [0.1, 0.15) is 35.2 Å². The summed E-state index contributed by atoms with van der Waals surface area (Å²) in [5.74, 6) is 0.549. The molecule has 0 spiro atoms. The molecule has 0 fully saturated rings. The summed E-state index contributed by atoms with van der Waals surface area (Å²) in [6.45, 7) is 0.187. The third-order valence-corrected chi connectivity index (χ3v) is 5.53. The van der Waals surface area contributed by atoms with Crippen LogP contribution in [0.25, 0.3) is 0 Å². The Bertz CT molecular complexity index is 1070. The van der Waals surface area contributed by atoms with Crippen molar-refractivity contribution < 1.29 is 28.2 Å². The minimum Gasteiger partial charge on any atom is -0.486 e. The monoisotopic (exact) mass is 473 g/mol. The number of ketones is 1. The molecule has 2 heterocycles. The molecule has 7 nitrogen and oxygen atoms in total. The van der Waals surface area contributed by atoms with E-state index in [0.29, 0.717) is 47.9 Å². The van der Waals surface area contributed by atoms with Gasteiger partial charge in [-0.1, -0.05) is 22.0 Å². The Morgan fingerprint density at radius 2 is 2.10 bits per heavy atom. The first kappa shape index (κ1) is 20.3. The lowest BCUT2D eigenvalue weighted by atomic mass is 9.79. The molecule has 2 aliphatic rings. The largest absolute Gasteiger partial charge is 0.486 e. The van der Waals surface area contributed by atoms with Gasteiger partial charge < -0.3 is 24.4 Å². The number of carbonyl (C=O) groups excluding carboxylic acids is 2. The Morgan fingerprint density at radius 3 is 2.87 bits per heavy atom. The van der Waals surface area contributed by atoms with E-state index in [0.717, 1.165) is 4.47 Å². The van der Waals surface area contributed by atoms with Crippen molar-refractivity contribution in [3.05, 3.63) is 75.2 Å². The molecule has 0 bridgehead atoms. The van der Waals surface area contributed by atoms with Crippen molar-refractivity contribution in [1.82, 2.24) is 0 Å². The van der Waals surface area contributed by atoms with Crippen molar-refractivity contribution in [3.63, 3.8) is 0 Å². The molecule has 2 N–H and O–H groups in total. The maximum absolute atomic E-state index is 12.7. The quantitative estimate of drug-likeness (QED) is 0.652. The first-order chi connectivity index (χ1) is 14.5. The van der Waals surface area contributed by atoms with Crippen molar-refractivity contribution in [2.45, 2.75) is 31.8 Å². The second-order valence-electron chi connectivity index (χ2n) is 6.97. The topological polar surface area (TPSA) is 101 Å². The summed E-state index contributed by atoms with van der Waals surface area (Å²) >= 11 is 3.40. The highest BCUT2D eigenvalue weighted by Gasteiger charge is 2.42. The minimum absolute atomic E-state index is 0.0661. The summed E-state index contributed by atoms with van der Waals surface area (Å²) in [7, 11) is 1.26. The highest BCUT2D eigenvalue weighted by molar-refractivity contribution is 9.10. The molecule has 156 valence electrons. The second-order valence-corrected chi connectivity index (χ2v) is 7.88. The molecule has 8 heteroatoms. The predicted molar refractivity (Wildman–Crippen MR) is 110 cm³/mol. The van der Waals surface area contributed by atoms with Crippen LogP contribution in [0.2, 0.25) is 0 Å². The zero-order valence-corrected chi connectivity index (χ0v) is 17.9. The highest BCUT2D eigenvalue weighted by atomic mass is 79.9. The molecule has 2 aromatic rings. The van der Waals surface area contributed by atoms with Crippen LogP contribution in [-0.4, -0.2) is 18.9 Å². The van der Waals surface area contributed by atoms with E-state index in [9.17, 15) is 9.59 Å². The molecule has 0 saturated carbocycles. The van der Waals surface area contributed by atoms with Gasteiger partial charge in [0, 0.05) is 22.9 Å². The summed E-state index contributed by atoms with van der Waals surface area (Å²) in [6.07, 6.45) is 1.63. The molecular weight excluding hydrogens is 454 g/mol. The zero-order valence-electron chi connectivity index (χ0n) is 16.3. The lowest BCUT2D eigenvalue weighted by Gasteiger charge is -2.30. The number of nitrogens with two attached hydrogens (primary N) is 1. The second kappa shape index (κ2) is 8.39. The van der Waals surface area contributed by atoms with Gasteiger partial charge in [-0.3, -0.25) is 4.79 Å². The highest BCUT2D eigenvalue weighted by Crippen LogP contribution is 2.44. The molecule has 0 radical (unpaired) electrons. The van der Waals surface area contributed by atoms with Gasteiger partial charge in [0.25, 0.3) is 0 Å². The summed E-state index contributed by atoms with van der Waals surface area (Å²) in [5, 5.41) is 0. The molecule has 0 amide bonds.